The van der Waals surface area contributed by atoms with Crippen molar-refractivity contribution >= 4 is 28.2 Å². The molecule has 29 heavy (non-hydrogen) atoms. The first-order valence-electron chi connectivity index (χ1n) is 8.87. The number of phenolic OH excluding ortho intramolecular Hbond substituents is 1. The standard InChI is InChI=1S/C20H21ClF3N3O2/c1-18(2,14-7-6-12(21)8-17(14)28)10-19(29,20(22,23)24)11-25-15-4-3-5-16-13(15)9-26-27-16/h3-9,25,28-29H,10-11H2,1-2H3,(H,26,27). The molecule has 0 aliphatic carbocycles. The van der Waals surface area contributed by atoms with Crippen LogP contribution in [0.15, 0.2) is 42.6 Å². The van der Waals surface area contributed by atoms with Crippen LogP contribution in [-0.4, -0.2) is 38.7 Å². The van der Waals surface area contributed by atoms with Gasteiger partial charge in [-0.25, -0.2) is 0 Å². The number of nitrogens with zero attached hydrogens (tertiary/aromatic N) is 1. The minimum absolute atomic E-state index is 0.219. The van der Waals surface area contributed by atoms with Crippen LogP contribution in [0.5, 0.6) is 5.75 Å². The number of nitrogens with one attached hydrogen (secondary N) is 2. The van der Waals surface area contributed by atoms with Crippen molar-refractivity contribution in [3.05, 3.63) is 53.2 Å². The minimum Gasteiger partial charge on any atom is -0.508 e. The predicted octanol–water partition coefficient (Wildman–Crippen LogP) is 5.00. The number of aromatic nitrogens is 2. The van der Waals surface area contributed by atoms with Crippen LogP contribution in [0.25, 0.3) is 10.9 Å². The van der Waals surface area contributed by atoms with Crippen LogP contribution in [-0.2, 0) is 5.41 Å². The van der Waals surface area contributed by atoms with Gasteiger partial charge in [0, 0.05) is 16.1 Å². The van der Waals surface area contributed by atoms with E-state index in [0.29, 0.717) is 16.6 Å². The van der Waals surface area contributed by atoms with Gasteiger partial charge in [-0.05, 0) is 41.7 Å². The third-order valence-corrected chi connectivity index (χ3v) is 5.24. The normalized spacial score (nSPS) is 14.7. The molecule has 4 N–H and O–H groups in total. The minimum atomic E-state index is -4.90. The van der Waals surface area contributed by atoms with Crippen molar-refractivity contribution in [1.29, 1.82) is 0 Å². The second-order valence-electron chi connectivity index (χ2n) is 7.74. The number of fused-ring (bicyclic) bond motifs is 1. The maximum absolute atomic E-state index is 13.9. The number of phenols is 1. The van der Waals surface area contributed by atoms with Crippen molar-refractivity contribution in [3.8, 4) is 5.75 Å². The highest BCUT2D eigenvalue weighted by Crippen LogP contribution is 2.44. The van der Waals surface area contributed by atoms with Gasteiger partial charge in [-0.1, -0.05) is 37.6 Å². The molecule has 0 fully saturated rings. The molecule has 1 aromatic heterocycles. The lowest BCUT2D eigenvalue weighted by Gasteiger charge is -2.38. The Morgan fingerprint density at radius 1 is 1.17 bits per heavy atom. The van der Waals surface area contributed by atoms with Crippen LogP contribution in [0, 0.1) is 0 Å². The second-order valence-corrected chi connectivity index (χ2v) is 8.18. The molecule has 0 spiro atoms. The van der Waals surface area contributed by atoms with E-state index < -0.39 is 30.2 Å². The maximum atomic E-state index is 13.9. The van der Waals surface area contributed by atoms with Crippen LogP contribution in [0.4, 0.5) is 18.9 Å². The Labute approximate surface area is 170 Å². The number of anilines is 1. The molecular formula is C20H21ClF3N3O2. The van der Waals surface area contributed by atoms with E-state index in [1.807, 2.05) is 0 Å². The quantitative estimate of drug-likeness (QED) is 0.446. The fourth-order valence-corrected chi connectivity index (χ4v) is 3.70. The molecule has 3 aromatic rings. The SMILES string of the molecule is CC(C)(CC(O)(CNc1cccc2[nH]ncc12)C(F)(F)F)c1ccc(Cl)cc1O. The summed E-state index contributed by atoms with van der Waals surface area (Å²) in [5.41, 5.74) is -2.89. The summed E-state index contributed by atoms with van der Waals surface area (Å²) in [5, 5.41) is 31.0. The molecule has 5 nitrogen and oxygen atoms in total. The number of aromatic amines is 1. The third kappa shape index (κ3) is 4.28. The number of hydrogen-bond donors (Lipinski definition) is 4. The molecule has 156 valence electrons. The zero-order valence-electron chi connectivity index (χ0n) is 15.8. The van der Waals surface area contributed by atoms with Gasteiger partial charge in [-0.3, -0.25) is 5.10 Å². The van der Waals surface area contributed by atoms with E-state index >= 15 is 0 Å². The largest absolute Gasteiger partial charge is 0.508 e. The Kier molecular flexibility index (Phi) is 5.44. The Morgan fingerprint density at radius 3 is 2.55 bits per heavy atom. The molecule has 0 aliphatic rings. The summed E-state index contributed by atoms with van der Waals surface area (Å²) in [5.74, 6) is -0.219. The van der Waals surface area contributed by atoms with Gasteiger partial charge in [0.15, 0.2) is 5.60 Å². The summed E-state index contributed by atoms with van der Waals surface area (Å²) in [6.07, 6.45) is -4.07. The highest BCUT2D eigenvalue weighted by atomic mass is 35.5. The Morgan fingerprint density at radius 2 is 1.90 bits per heavy atom. The Hall–Kier alpha value is -2.45. The van der Waals surface area contributed by atoms with Crippen LogP contribution < -0.4 is 5.32 Å². The average Bonchev–Trinajstić information content (AvgIpc) is 3.07. The number of aliphatic hydroxyl groups is 1. The summed E-state index contributed by atoms with van der Waals surface area (Å²) in [6.45, 7) is 2.30. The lowest BCUT2D eigenvalue weighted by molar-refractivity contribution is -0.260. The molecule has 1 unspecified atom stereocenters. The van der Waals surface area contributed by atoms with Crippen LogP contribution >= 0.6 is 11.6 Å². The fourth-order valence-electron chi connectivity index (χ4n) is 3.53. The van der Waals surface area contributed by atoms with E-state index in [2.05, 4.69) is 15.5 Å². The zero-order chi connectivity index (χ0) is 21.4. The van der Waals surface area contributed by atoms with Crippen molar-refractivity contribution in [2.24, 2.45) is 0 Å². The molecule has 9 heteroatoms. The topological polar surface area (TPSA) is 81.2 Å². The monoisotopic (exact) mass is 427 g/mol. The van der Waals surface area contributed by atoms with Crippen molar-refractivity contribution in [2.45, 2.75) is 37.5 Å². The summed E-state index contributed by atoms with van der Waals surface area (Å²) in [7, 11) is 0. The first kappa shape index (κ1) is 21.3. The summed E-state index contributed by atoms with van der Waals surface area (Å²) in [4.78, 5) is 0. The van der Waals surface area contributed by atoms with Gasteiger partial charge in [0.25, 0.3) is 0 Å². The maximum Gasteiger partial charge on any atom is 0.418 e. The van der Waals surface area contributed by atoms with E-state index in [1.165, 1.54) is 38.2 Å². The smallest absolute Gasteiger partial charge is 0.418 e. The van der Waals surface area contributed by atoms with Crippen molar-refractivity contribution in [2.75, 3.05) is 11.9 Å². The van der Waals surface area contributed by atoms with Gasteiger partial charge < -0.3 is 15.5 Å². The van der Waals surface area contributed by atoms with E-state index in [-0.39, 0.29) is 16.3 Å². The van der Waals surface area contributed by atoms with Gasteiger partial charge in [0.1, 0.15) is 5.75 Å². The van der Waals surface area contributed by atoms with Crippen LogP contribution in [0.2, 0.25) is 5.02 Å². The van der Waals surface area contributed by atoms with E-state index in [1.54, 1.807) is 18.2 Å². The van der Waals surface area contributed by atoms with Crippen molar-refractivity contribution in [1.82, 2.24) is 10.2 Å². The van der Waals surface area contributed by atoms with E-state index in [4.69, 9.17) is 11.6 Å². The van der Waals surface area contributed by atoms with Gasteiger partial charge >= 0.3 is 6.18 Å². The fraction of sp³-hybridized carbons (Fsp3) is 0.350. The number of aromatic hydroxyl groups is 1. The molecule has 0 bridgehead atoms. The molecule has 1 atom stereocenters. The van der Waals surface area contributed by atoms with Crippen LogP contribution in [0.3, 0.4) is 0 Å². The highest BCUT2D eigenvalue weighted by Gasteiger charge is 2.56. The lowest BCUT2D eigenvalue weighted by Crippen LogP contribution is -2.53. The first-order valence-corrected chi connectivity index (χ1v) is 9.25. The number of alkyl halides is 3. The number of H-pyrrole nitrogens is 1. The van der Waals surface area contributed by atoms with Gasteiger partial charge in [0.05, 0.1) is 18.3 Å². The molecular weight excluding hydrogens is 407 g/mol. The summed E-state index contributed by atoms with van der Waals surface area (Å²) in [6, 6.07) is 9.26. The first-order chi connectivity index (χ1) is 13.4. The molecule has 3 rings (SSSR count). The molecule has 2 aromatic carbocycles. The van der Waals surface area contributed by atoms with Gasteiger partial charge in [-0.2, -0.15) is 18.3 Å². The number of hydrogen-bond acceptors (Lipinski definition) is 4. The van der Waals surface area contributed by atoms with Crippen molar-refractivity contribution < 1.29 is 23.4 Å². The van der Waals surface area contributed by atoms with Crippen molar-refractivity contribution in [3.63, 3.8) is 0 Å². The number of rotatable bonds is 6. The highest BCUT2D eigenvalue weighted by molar-refractivity contribution is 6.30. The zero-order valence-corrected chi connectivity index (χ0v) is 16.6. The molecule has 0 saturated heterocycles. The molecule has 0 amide bonds. The molecule has 0 radical (unpaired) electrons. The van der Waals surface area contributed by atoms with Crippen LogP contribution in [0.1, 0.15) is 25.8 Å². The lowest BCUT2D eigenvalue weighted by atomic mass is 9.74. The second kappa shape index (κ2) is 7.42. The van der Waals surface area contributed by atoms with Gasteiger partial charge in [0.2, 0.25) is 0 Å². The number of halogens is 4. The molecule has 1 heterocycles. The Bertz CT molecular complexity index is 1020. The molecule has 0 saturated carbocycles. The van der Waals surface area contributed by atoms with E-state index in [0.717, 1.165) is 0 Å². The third-order valence-electron chi connectivity index (χ3n) is 5.01. The number of benzene rings is 2. The Balaban J connectivity index is 1.89. The van der Waals surface area contributed by atoms with E-state index in [9.17, 15) is 23.4 Å². The van der Waals surface area contributed by atoms with Gasteiger partial charge in [-0.15, -0.1) is 0 Å². The summed E-state index contributed by atoms with van der Waals surface area (Å²) < 4.78 is 41.6. The average molecular weight is 428 g/mol. The summed E-state index contributed by atoms with van der Waals surface area (Å²) >= 11 is 5.82. The molecule has 0 aliphatic heterocycles. The predicted molar refractivity (Wildman–Crippen MR) is 106 cm³/mol.